The van der Waals surface area contributed by atoms with Gasteiger partial charge < -0.3 is 9.47 Å². The summed E-state index contributed by atoms with van der Waals surface area (Å²) in [4.78, 5) is 62.7. The Morgan fingerprint density at radius 3 is 2.04 bits per heavy atom. The lowest BCUT2D eigenvalue weighted by Crippen LogP contribution is -2.48. The highest BCUT2D eigenvalue weighted by molar-refractivity contribution is 5.82. The zero-order chi connectivity index (χ0) is 17.6. The Kier molecular flexibility index (Phi) is 10.2. The number of hydrogen-bond donors (Lipinski definition) is 1. The van der Waals surface area contributed by atoms with Crippen molar-refractivity contribution in [1.29, 1.82) is 0 Å². The Labute approximate surface area is 130 Å². The highest BCUT2D eigenvalue weighted by atomic mass is 16.5. The van der Waals surface area contributed by atoms with E-state index >= 15 is 0 Å². The van der Waals surface area contributed by atoms with Gasteiger partial charge in [-0.15, -0.1) is 0 Å². The molecule has 1 atom stereocenters. The molecule has 0 radical (unpaired) electrons. The zero-order valence-corrected chi connectivity index (χ0v) is 12.0. The van der Waals surface area contributed by atoms with Gasteiger partial charge in [0.2, 0.25) is 23.9 Å². The average Bonchev–Trinajstić information content (AvgIpc) is 2.54. The van der Waals surface area contributed by atoms with E-state index in [9.17, 15) is 24.0 Å². The molecule has 11 nitrogen and oxygen atoms in total. The molecular weight excluding hydrogens is 312 g/mol. The minimum atomic E-state index is -2.10. The van der Waals surface area contributed by atoms with E-state index in [1.807, 2.05) is 0 Å². The van der Waals surface area contributed by atoms with Crippen LogP contribution in [0.15, 0.2) is 15.0 Å². The van der Waals surface area contributed by atoms with Crippen molar-refractivity contribution in [2.45, 2.75) is 18.5 Å². The van der Waals surface area contributed by atoms with E-state index in [1.54, 1.807) is 0 Å². The van der Waals surface area contributed by atoms with Crippen LogP contribution in [-0.2, 0) is 33.4 Å². The maximum atomic E-state index is 11.8. The summed E-state index contributed by atoms with van der Waals surface area (Å²) in [6.45, 7) is -0.587. The molecule has 0 saturated carbocycles. The Morgan fingerprint density at radius 2 is 1.52 bits per heavy atom. The lowest BCUT2D eigenvalue weighted by atomic mass is 10.1. The van der Waals surface area contributed by atoms with Crippen LogP contribution in [0.5, 0.6) is 0 Å². The predicted octanol–water partition coefficient (Wildman–Crippen LogP) is -1.48. The molecule has 23 heavy (non-hydrogen) atoms. The molecule has 0 saturated heterocycles. The maximum absolute atomic E-state index is 11.8. The van der Waals surface area contributed by atoms with Gasteiger partial charge in [-0.25, -0.2) is 29.2 Å². The van der Waals surface area contributed by atoms with Gasteiger partial charge in [0.25, 0.3) is 0 Å². The van der Waals surface area contributed by atoms with Gasteiger partial charge in [-0.3, -0.25) is 10.5 Å². The topological polar surface area (TPSA) is 167 Å². The van der Waals surface area contributed by atoms with Crippen molar-refractivity contribution >= 4 is 30.2 Å². The third-order valence-corrected chi connectivity index (χ3v) is 2.34. The summed E-state index contributed by atoms with van der Waals surface area (Å²) in [6, 6.07) is 0. The van der Waals surface area contributed by atoms with Crippen molar-refractivity contribution in [3.05, 3.63) is 0 Å². The van der Waals surface area contributed by atoms with Gasteiger partial charge in [0, 0.05) is 12.8 Å². The molecule has 0 aromatic rings. The average molecular weight is 326 g/mol. The molecule has 0 fully saturated rings. The standard InChI is InChI=1S/C12H14N4O7/c13-12(16-9-19,11(21)23-6-4-15-8-18)2-1-10(20)22-5-3-14-7-17/h1-6,13H2/t12-/m1/s1. The first-order valence-electron chi connectivity index (χ1n) is 6.28. The molecule has 0 spiro atoms. The second-order valence-electron chi connectivity index (χ2n) is 3.93. The van der Waals surface area contributed by atoms with E-state index in [2.05, 4.69) is 19.7 Å². The molecule has 0 aliphatic heterocycles. The molecule has 0 amide bonds. The van der Waals surface area contributed by atoms with Crippen LogP contribution in [0.3, 0.4) is 0 Å². The van der Waals surface area contributed by atoms with E-state index in [4.69, 9.17) is 10.5 Å². The fourth-order valence-corrected chi connectivity index (χ4v) is 1.26. The number of hydrogen-bond acceptors (Lipinski definition) is 11. The van der Waals surface area contributed by atoms with Crippen LogP contribution >= 0.6 is 0 Å². The van der Waals surface area contributed by atoms with Crippen molar-refractivity contribution in [3.8, 4) is 0 Å². The molecule has 0 aromatic heterocycles. The molecule has 2 N–H and O–H groups in total. The number of ether oxygens (including phenoxy) is 2. The van der Waals surface area contributed by atoms with Crippen molar-refractivity contribution in [2.75, 3.05) is 26.3 Å². The van der Waals surface area contributed by atoms with E-state index in [0.29, 0.717) is 0 Å². The van der Waals surface area contributed by atoms with Crippen LogP contribution in [0.25, 0.3) is 0 Å². The fraction of sp³-hybridized carbons (Fsp3) is 0.583. The predicted molar refractivity (Wildman–Crippen MR) is 72.2 cm³/mol. The monoisotopic (exact) mass is 326 g/mol. The molecule has 0 bridgehead atoms. The van der Waals surface area contributed by atoms with Crippen molar-refractivity contribution in [3.63, 3.8) is 0 Å². The third kappa shape index (κ3) is 8.82. The molecule has 0 heterocycles. The van der Waals surface area contributed by atoms with Crippen LogP contribution < -0.4 is 5.73 Å². The Balaban J connectivity index is 4.48. The number of carbonyl (C=O) groups is 2. The molecule has 0 unspecified atom stereocenters. The maximum Gasteiger partial charge on any atom is 0.349 e. The van der Waals surface area contributed by atoms with E-state index < -0.39 is 17.6 Å². The van der Waals surface area contributed by atoms with E-state index in [-0.39, 0.29) is 39.1 Å². The third-order valence-electron chi connectivity index (χ3n) is 2.34. The largest absolute Gasteiger partial charge is 0.464 e. The van der Waals surface area contributed by atoms with Gasteiger partial charge in [0.1, 0.15) is 13.2 Å². The van der Waals surface area contributed by atoms with Crippen molar-refractivity contribution in [1.82, 2.24) is 0 Å². The number of aliphatic imine (C=N–C) groups is 3. The van der Waals surface area contributed by atoms with Crippen LogP contribution in [0.4, 0.5) is 0 Å². The lowest BCUT2D eigenvalue weighted by molar-refractivity contribution is -0.151. The number of esters is 2. The first-order chi connectivity index (χ1) is 11.0. The van der Waals surface area contributed by atoms with E-state index in [1.165, 1.54) is 12.2 Å². The molecule has 0 aliphatic carbocycles. The molecule has 124 valence electrons. The van der Waals surface area contributed by atoms with Gasteiger partial charge in [-0.2, -0.15) is 4.99 Å². The number of nitrogens with two attached hydrogens (primary N) is 1. The first kappa shape index (κ1) is 20.0. The second kappa shape index (κ2) is 11.7. The lowest BCUT2D eigenvalue weighted by Gasteiger charge is -2.20. The Hall–Kier alpha value is -2.96. The zero-order valence-electron chi connectivity index (χ0n) is 12.0. The quantitative estimate of drug-likeness (QED) is 0.207. The van der Waals surface area contributed by atoms with Crippen LogP contribution in [0.1, 0.15) is 12.8 Å². The summed E-state index contributed by atoms with van der Waals surface area (Å²) < 4.78 is 9.38. The molecule has 0 aliphatic rings. The van der Waals surface area contributed by atoms with Gasteiger partial charge in [0.05, 0.1) is 13.1 Å². The molecule has 0 aromatic carbocycles. The number of nitrogens with zero attached hydrogens (tertiary/aromatic N) is 3. The summed E-state index contributed by atoms with van der Waals surface area (Å²) in [7, 11) is 0. The minimum absolute atomic E-state index is 0.0468. The normalized spacial score (nSPS) is 11.7. The summed E-state index contributed by atoms with van der Waals surface area (Å²) >= 11 is 0. The summed E-state index contributed by atoms with van der Waals surface area (Å²) in [5.41, 5.74) is 3.50. The van der Waals surface area contributed by atoms with Crippen LogP contribution in [0.2, 0.25) is 0 Å². The summed E-state index contributed by atoms with van der Waals surface area (Å²) in [5.74, 6) is -1.82. The molecule has 11 heteroatoms. The van der Waals surface area contributed by atoms with E-state index in [0.717, 1.165) is 6.08 Å². The van der Waals surface area contributed by atoms with Crippen LogP contribution in [-0.4, -0.2) is 62.1 Å². The minimum Gasteiger partial charge on any atom is -0.464 e. The molecular formula is C12H14N4O7. The van der Waals surface area contributed by atoms with Gasteiger partial charge >= 0.3 is 11.9 Å². The number of rotatable bonds is 11. The SMILES string of the molecule is N[C@](CCC(=O)OCCN=C=O)(N=C=O)C(=O)OCCN=C=O. The van der Waals surface area contributed by atoms with Gasteiger partial charge in [0.15, 0.2) is 0 Å². The smallest absolute Gasteiger partial charge is 0.349 e. The van der Waals surface area contributed by atoms with Crippen molar-refractivity contribution in [2.24, 2.45) is 20.7 Å². The van der Waals surface area contributed by atoms with Crippen LogP contribution in [0, 0.1) is 0 Å². The van der Waals surface area contributed by atoms with Crippen molar-refractivity contribution < 1.29 is 33.4 Å². The first-order valence-corrected chi connectivity index (χ1v) is 6.28. The summed E-state index contributed by atoms with van der Waals surface area (Å²) in [5, 5.41) is 0. The number of isocyanates is 3. The second-order valence-corrected chi connectivity index (χ2v) is 3.93. The Bertz CT molecular complexity index is 560. The van der Waals surface area contributed by atoms with Gasteiger partial charge in [-0.1, -0.05) is 0 Å². The Morgan fingerprint density at radius 1 is 0.957 bits per heavy atom. The fourth-order valence-electron chi connectivity index (χ4n) is 1.26. The highest BCUT2D eigenvalue weighted by Gasteiger charge is 2.36. The molecule has 0 rings (SSSR count). The van der Waals surface area contributed by atoms with Gasteiger partial charge in [-0.05, 0) is 0 Å². The number of carbonyl (C=O) groups excluding carboxylic acids is 5. The highest BCUT2D eigenvalue weighted by Crippen LogP contribution is 2.14. The summed E-state index contributed by atoms with van der Waals surface area (Å²) in [6.07, 6.45) is 2.94.